The van der Waals surface area contributed by atoms with Gasteiger partial charge in [0.2, 0.25) is 0 Å². The summed E-state index contributed by atoms with van der Waals surface area (Å²) in [7, 11) is 0. The van der Waals surface area contributed by atoms with Crippen LogP contribution in [0.4, 0.5) is 17.2 Å². The number of nitrogens with zero attached hydrogens (tertiary/aromatic N) is 3. The monoisotopic (exact) mass is 339 g/mol. The van der Waals surface area contributed by atoms with Crippen molar-refractivity contribution in [1.29, 1.82) is 0 Å². The van der Waals surface area contributed by atoms with Gasteiger partial charge in [0.05, 0.1) is 0 Å². The molecular weight excluding hydrogens is 314 g/mol. The highest BCUT2D eigenvalue weighted by Crippen LogP contribution is 2.23. The van der Waals surface area contributed by atoms with E-state index in [-0.39, 0.29) is 5.91 Å². The van der Waals surface area contributed by atoms with E-state index in [2.05, 4.69) is 37.6 Å². The molecule has 0 saturated carbocycles. The van der Waals surface area contributed by atoms with Crippen LogP contribution in [0.15, 0.2) is 36.7 Å². The number of piperidine rings is 1. The van der Waals surface area contributed by atoms with Crippen LogP contribution in [0.3, 0.4) is 0 Å². The first-order chi connectivity index (χ1) is 12.3. The van der Waals surface area contributed by atoms with Gasteiger partial charge in [0.1, 0.15) is 17.8 Å². The minimum Gasteiger partial charge on any atom is -0.372 e. The Morgan fingerprint density at radius 3 is 2.60 bits per heavy atom. The van der Waals surface area contributed by atoms with Gasteiger partial charge in [0.25, 0.3) is 5.91 Å². The normalized spacial score (nSPS) is 14.2. The van der Waals surface area contributed by atoms with Crippen molar-refractivity contribution in [3.05, 3.63) is 42.4 Å². The average Bonchev–Trinajstić information content (AvgIpc) is 2.67. The third kappa shape index (κ3) is 4.68. The van der Waals surface area contributed by atoms with Crippen LogP contribution in [0.25, 0.3) is 0 Å². The van der Waals surface area contributed by atoms with Crippen LogP contribution in [0.1, 0.15) is 43.1 Å². The van der Waals surface area contributed by atoms with Crippen LogP contribution in [0, 0.1) is 0 Å². The van der Waals surface area contributed by atoms with Gasteiger partial charge in [-0.05, 0) is 49.9 Å². The maximum Gasteiger partial charge on any atom is 0.270 e. The maximum absolute atomic E-state index is 12.0. The van der Waals surface area contributed by atoms with Crippen molar-refractivity contribution >= 4 is 23.1 Å². The molecule has 1 aliphatic heterocycles. The second-order valence-electron chi connectivity index (χ2n) is 6.26. The summed E-state index contributed by atoms with van der Waals surface area (Å²) in [6.07, 6.45) is 6.17. The second kappa shape index (κ2) is 8.46. The zero-order chi connectivity index (χ0) is 17.5. The van der Waals surface area contributed by atoms with Gasteiger partial charge in [-0.1, -0.05) is 6.92 Å². The molecule has 1 aromatic carbocycles. The number of nitrogens with one attached hydrogen (secondary N) is 2. The molecule has 0 bridgehead atoms. The van der Waals surface area contributed by atoms with E-state index in [9.17, 15) is 4.79 Å². The van der Waals surface area contributed by atoms with Gasteiger partial charge in [0, 0.05) is 37.1 Å². The Labute approximate surface area is 148 Å². The van der Waals surface area contributed by atoms with Crippen molar-refractivity contribution in [1.82, 2.24) is 15.3 Å². The number of carbonyl (C=O) groups excluding carboxylic acids is 1. The number of hydrogen-bond donors (Lipinski definition) is 2. The highest BCUT2D eigenvalue weighted by molar-refractivity contribution is 5.92. The summed E-state index contributed by atoms with van der Waals surface area (Å²) in [5.74, 6) is 0.440. The van der Waals surface area contributed by atoms with Crippen LogP contribution in [-0.4, -0.2) is 35.5 Å². The van der Waals surface area contributed by atoms with E-state index in [0.29, 0.717) is 18.1 Å². The molecule has 0 radical (unpaired) electrons. The van der Waals surface area contributed by atoms with Crippen molar-refractivity contribution in [2.75, 3.05) is 29.9 Å². The van der Waals surface area contributed by atoms with Crippen LogP contribution in [-0.2, 0) is 0 Å². The molecule has 6 nitrogen and oxygen atoms in total. The number of amides is 1. The predicted molar refractivity (Wildman–Crippen MR) is 100 cm³/mol. The molecule has 132 valence electrons. The summed E-state index contributed by atoms with van der Waals surface area (Å²) in [6, 6.07) is 10.0. The molecule has 1 aromatic heterocycles. The summed E-state index contributed by atoms with van der Waals surface area (Å²) in [5.41, 5.74) is 2.57. The highest BCUT2D eigenvalue weighted by atomic mass is 16.1. The number of carbonyl (C=O) groups is 1. The lowest BCUT2D eigenvalue weighted by atomic mass is 10.1. The number of aromatic nitrogens is 2. The average molecular weight is 339 g/mol. The fourth-order valence-electron chi connectivity index (χ4n) is 2.93. The number of rotatable bonds is 6. The Hall–Kier alpha value is -2.63. The van der Waals surface area contributed by atoms with Crippen molar-refractivity contribution in [3.63, 3.8) is 0 Å². The summed E-state index contributed by atoms with van der Waals surface area (Å²) >= 11 is 0. The van der Waals surface area contributed by atoms with E-state index in [4.69, 9.17) is 0 Å². The van der Waals surface area contributed by atoms with Crippen LogP contribution < -0.4 is 15.5 Å². The molecule has 1 aliphatic rings. The Bertz CT molecular complexity index is 695. The molecule has 0 atom stereocenters. The first kappa shape index (κ1) is 17.2. The zero-order valence-corrected chi connectivity index (χ0v) is 14.7. The lowest BCUT2D eigenvalue weighted by Crippen LogP contribution is -2.29. The van der Waals surface area contributed by atoms with E-state index < -0.39 is 0 Å². The van der Waals surface area contributed by atoms with Gasteiger partial charge in [0.15, 0.2) is 0 Å². The number of anilines is 3. The van der Waals surface area contributed by atoms with Crippen molar-refractivity contribution < 1.29 is 4.79 Å². The molecule has 0 unspecified atom stereocenters. The minimum absolute atomic E-state index is 0.173. The summed E-state index contributed by atoms with van der Waals surface area (Å²) in [4.78, 5) is 22.7. The molecule has 0 spiro atoms. The highest BCUT2D eigenvalue weighted by Gasteiger charge is 2.11. The van der Waals surface area contributed by atoms with Gasteiger partial charge in [-0.3, -0.25) is 4.79 Å². The zero-order valence-electron chi connectivity index (χ0n) is 14.7. The number of hydrogen-bond acceptors (Lipinski definition) is 5. The molecule has 2 aromatic rings. The largest absolute Gasteiger partial charge is 0.372 e. The van der Waals surface area contributed by atoms with Crippen molar-refractivity contribution in [2.24, 2.45) is 0 Å². The first-order valence-corrected chi connectivity index (χ1v) is 8.98. The smallest absolute Gasteiger partial charge is 0.270 e. The molecular formula is C19H25N5O. The van der Waals surface area contributed by atoms with Gasteiger partial charge < -0.3 is 15.5 Å². The van der Waals surface area contributed by atoms with E-state index in [1.54, 1.807) is 6.07 Å². The number of benzene rings is 1. The van der Waals surface area contributed by atoms with Crippen molar-refractivity contribution in [2.45, 2.75) is 32.6 Å². The van der Waals surface area contributed by atoms with E-state index >= 15 is 0 Å². The minimum atomic E-state index is -0.173. The molecule has 25 heavy (non-hydrogen) atoms. The van der Waals surface area contributed by atoms with Gasteiger partial charge in [-0.2, -0.15) is 0 Å². The molecule has 2 heterocycles. The quantitative estimate of drug-likeness (QED) is 0.844. The Balaban J connectivity index is 1.64. The molecule has 6 heteroatoms. The summed E-state index contributed by atoms with van der Waals surface area (Å²) in [6.45, 7) is 4.92. The second-order valence-corrected chi connectivity index (χ2v) is 6.26. The predicted octanol–water partition coefficient (Wildman–Crippen LogP) is 3.35. The Kier molecular flexibility index (Phi) is 5.82. The maximum atomic E-state index is 12.0. The van der Waals surface area contributed by atoms with Crippen molar-refractivity contribution in [3.8, 4) is 0 Å². The third-order valence-corrected chi connectivity index (χ3v) is 4.30. The standard InChI is InChI=1S/C19H25N5O/c1-2-10-20-19(25)17-13-18(22-14-21-17)23-15-6-8-16(9-7-15)24-11-4-3-5-12-24/h6-9,13-14H,2-5,10-12H2,1H3,(H,20,25)(H,21,22,23). The summed E-state index contributed by atoms with van der Waals surface area (Å²) in [5, 5.41) is 6.06. The fourth-order valence-corrected chi connectivity index (χ4v) is 2.93. The van der Waals surface area contributed by atoms with E-state index in [1.165, 1.54) is 31.3 Å². The molecule has 1 fully saturated rings. The van der Waals surface area contributed by atoms with Crippen LogP contribution in [0.2, 0.25) is 0 Å². The van der Waals surface area contributed by atoms with Gasteiger partial charge in [-0.15, -0.1) is 0 Å². The van der Waals surface area contributed by atoms with E-state index in [0.717, 1.165) is 25.2 Å². The molecule has 2 N–H and O–H groups in total. The lowest BCUT2D eigenvalue weighted by Gasteiger charge is -2.28. The van der Waals surface area contributed by atoms with E-state index in [1.807, 2.05) is 19.1 Å². The molecule has 0 aliphatic carbocycles. The van der Waals surface area contributed by atoms with Crippen LogP contribution in [0.5, 0.6) is 0 Å². The SMILES string of the molecule is CCCNC(=O)c1cc(Nc2ccc(N3CCCCC3)cc2)ncn1. The van der Waals surface area contributed by atoms with Gasteiger partial charge >= 0.3 is 0 Å². The lowest BCUT2D eigenvalue weighted by molar-refractivity contribution is 0.0948. The molecule has 3 rings (SSSR count). The van der Waals surface area contributed by atoms with Crippen LogP contribution >= 0.6 is 0 Å². The fraction of sp³-hybridized carbons (Fsp3) is 0.421. The topological polar surface area (TPSA) is 70.2 Å². The first-order valence-electron chi connectivity index (χ1n) is 8.98. The summed E-state index contributed by atoms with van der Waals surface area (Å²) < 4.78 is 0. The Morgan fingerprint density at radius 2 is 1.88 bits per heavy atom. The third-order valence-electron chi connectivity index (χ3n) is 4.30. The molecule has 1 saturated heterocycles. The molecule has 1 amide bonds. The van der Waals surface area contributed by atoms with Gasteiger partial charge in [-0.25, -0.2) is 9.97 Å². The Morgan fingerprint density at radius 1 is 1.12 bits per heavy atom.